The van der Waals surface area contributed by atoms with Crippen LogP contribution in [0.3, 0.4) is 0 Å². The molecule has 1 amide bonds. The normalized spacial score (nSPS) is 12.0. The van der Waals surface area contributed by atoms with E-state index >= 15 is 0 Å². The van der Waals surface area contributed by atoms with Crippen LogP contribution in [0.5, 0.6) is 0 Å². The van der Waals surface area contributed by atoms with Gasteiger partial charge in [-0.25, -0.2) is 4.79 Å². The second kappa shape index (κ2) is 6.78. The zero-order valence-electron chi connectivity index (χ0n) is 11.5. The molecule has 0 aliphatic carbocycles. The second-order valence-electron chi connectivity index (χ2n) is 4.73. The van der Waals surface area contributed by atoms with Gasteiger partial charge in [-0.15, -0.1) is 0 Å². The van der Waals surface area contributed by atoms with Gasteiger partial charge in [-0.1, -0.05) is 26.0 Å². The van der Waals surface area contributed by atoms with E-state index in [-0.39, 0.29) is 18.2 Å². The SMILES string of the molecule is COC(=O)[C@@H](NC(=O)Cc1ccc(N)cc1)C(C)C. The lowest BCUT2D eigenvalue weighted by Gasteiger charge is -2.19. The quantitative estimate of drug-likeness (QED) is 0.617. The average Bonchev–Trinajstić information content (AvgIpc) is 2.37. The largest absolute Gasteiger partial charge is 0.467 e. The Balaban J connectivity index is 2.62. The van der Waals surface area contributed by atoms with Crippen molar-refractivity contribution in [2.45, 2.75) is 26.3 Å². The number of carbonyl (C=O) groups is 2. The van der Waals surface area contributed by atoms with Gasteiger partial charge in [0.05, 0.1) is 13.5 Å². The summed E-state index contributed by atoms with van der Waals surface area (Å²) in [4.78, 5) is 23.4. The molecule has 0 bridgehead atoms. The van der Waals surface area contributed by atoms with Crippen LogP contribution in [0.2, 0.25) is 0 Å². The Bertz CT molecular complexity index is 441. The topological polar surface area (TPSA) is 81.4 Å². The fourth-order valence-corrected chi connectivity index (χ4v) is 1.67. The van der Waals surface area contributed by atoms with Crippen molar-refractivity contribution < 1.29 is 14.3 Å². The number of rotatable bonds is 5. The first-order valence-electron chi connectivity index (χ1n) is 6.15. The standard InChI is InChI=1S/C14H20N2O3/c1-9(2)13(14(18)19-3)16-12(17)8-10-4-6-11(15)7-5-10/h4-7,9,13H,8,15H2,1-3H3,(H,16,17)/t13-/m0/s1. The lowest BCUT2D eigenvalue weighted by Crippen LogP contribution is -2.45. The Hall–Kier alpha value is -2.04. The molecule has 1 aromatic rings. The molecule has 0 fully saturated rings. The van der Waals surface area contributed by atoms with Crippen molar-refractivity contribution in [1.29, 1.82) is 0 Å². The van der Waals surface area contributed by atoms with Gasteiger partial charge < -0.3 is 15.8 Å². The molecule has 0 spiro atoms. The van der Waals surface area contributed by atoms with Gasteiger partial charge in [0.2, 0.25) is 5.91 Å². The van der Waals surface area contributed by atoms with Crippen molar-refractivity contribution in [3.8, 4) is 0 Å². The molecule has 1 aromatic carbocycles. The lowest BCUT2D eigenvalue weighted by atomic mass is 10.0. The summed E-state index contributed by atoms with van der Waals surface area (Å²) >= 11 is 0. The van der Waals surface area contributed by atoms with Crippen LogP contribution < -0.4 is 11.1 Å². The fourth-order valence-electron chi connectivity index (χ4n) is 1.67. The summed E-state index contributed by atoms with van der Waals surface area (Å²) in [6.45, 7) is 3.70. The molecule has 104 valence electrons. The highest BCUT2D eigenvalue weighted by molar-refractivity contribution is 5.85. The number of nitrogens with two attached hydrogens (primary N) is 1. The zero-order chi connectivity index (χ0) is 14.4. The minimum absolute atomic E-state index is 0.0252. The monoisotopic (exact) mass is 264 g/mol. The third-order valence-corrected chi connectivity index (χ3v) is 2.78. The zero-order valence-corrected chi connectivity index (χ0v) is 11.5. The first-order valence-corrected chi connectivity index (χ1v) is 6.15. The summed E-state index contributed by atoms with van der Waals surface area (Å²) < 4.78 is 4.67. The molecule has 5 heteroatoms. The highest BCUT2D eigenvalue weighted by Crippen LogP contribution is 2.08. The van der Waals surface area contributed by atoms with Crippen LogP contribution in [0.1, 0.15) is 19.4 Å². The van der Waals surface area contributed by atoms with Crippen LogP contribution >= 0.6 is 0 Å². The van der Waals surface area contributed by atoms with Crippen molar-refractivity contribution in [2.24, 2.45) is 5.92 Å². The molecule has 1 rings (SSSR count). The van der Waals surface area contributed by atoms with Crippen LogP contribution in [0.15, 0.2) is 24.3 Å². The summed E-state index contributed by atoms with van der Waals surface area (Å²) in [6, 6.07) is 6.44. The van der Waals surface area contributed by atoms with Crippen molar-refractivity contribution in [1.82, 2.24) is 5.32 Å². The molecule has 5 nitrogen and oxygen atoms in total. The van der Waals surface area contributed by atoms with Crippen LogP contribution in [-0.2, 0) is 20.7 Å². The molecule has 3 N–H and O–H groups in total. The van der Waals surface area contributed by atoms with Gasteiger partial charge in [-0.3, -0.25) is 4.79 Å². The van der Waals surface area contributed by atoms with E-state index in [9.17, 15) is 9.59 Å². The van der Waals surface area contributed by atoms with Crippen LogP contribution in [0.4, 0.5) is 5.69 Å². The smallest absolute Gasteiger partial charge is 0.328 e. The van der Waals surface area contributed by atoms with Crippen LogP contribution in [-0.4, -0.2) is 25.0 Å². The molecular formula is C14H20N2O3. The van der Waals surface area contributed by atoms with E-state index in [2.05, 4.69) is 10.1 Å². The number of benzene rings is 1. The molecule has 19 heavy (non-hydrogen) atoms. The van der Waals surface area contributed by atoms with E-state index in [0.29, 0.717) is 5.69 Å². The maximum atomic E-state index is 11.9. The third kappa shape index (κ3) is 4.62. The van der Waals surface area contributed by atoms with Crippen molar-refractivity contribution in [3.05, 3.63) is 29.8 Å². The summed E-state index contributed by atoms with van der Waals surface area (Å²) in [6.07, 6.45) is 0.209. The van der Waals surface area contributed by atoms with E-state index in [0.717, 1.165) is 5.56 Å². The van der Waals surface area contributed by atoms with Crippen molar-refractivity contribution in [2.75, 3.05) is 12.8 Å². The third-order valence-electron chi connectivity index (χ3n) is 2.78. The molecule has 0 unspecified atom stereocenters. The molecule has 0 radical (unpaired) electrons. The molecule has 0 saturated carbocycles. The number of hydrogen-bond acceptors (Lipinski definition) is 4. The van der Waals surface area contributed by atoms with Crippen molar-refractivity contribution >= 4 is 17.6 Å². The average molecular weight is 264 g/mol. The van der Waals surface area contributed by atoms with E-state index in [1.165, 1.54) is 7.11 Å². The number of amides is 1. The molecule has 1 atom stereocenters. The van der Waals surface area contributed by atoms with Gasteiger partial charge in [0.25, 0.3) is 0 Å². The van der Waals surface area contributed by atoms with Crippen LogP contribution in [0.25, 0.3) is 0 Å². The predicted octanol–water partition coefficient (Wildman–Crippen LogP) is 1.13. The summed E-state index contributed by atoms with van der Waals surface area (Å²) in [5.74, 6) is -0.669. The Morgan fingerprint density at radius 2 is 1.84 bits per heavy atom. The number of carbonyl (C=O) groups excluding carboxylic acids is 2. The van der Waals surface area contributed by atoms with Gasteiger partial charge in [0, 0.05) is 5.69 Å². The number of nitrogens with one attached hydrogen (secondary N) is 1. The Morgan fingerprint density at radius 1 is 1.26 bits per heavy atom. The van der Waals surface area contributed by atoms with E-state index < -0.39 is 12.0 Å². The highest BCUT2D eigenvalue weighted by Gasteiger charge is 2.24. The first-order chi connectivity index (χ1) is 8.93. The van der Waals surface area contributed by atoms with Gasteiger partial charge in [-0.05, 0) is 23.6 Å². The summed E-state index contributed by atoms with van der Waals surface area (Å²) in [5.41, 5.74) is 7.07. The van der Waals surface area contributed by atoms with Gasteiger partial charge >= 0.3 is 5.97 Å². The van der Waals surface area contributed by atoms with Gasteiger partial charge in [0.15, 0.2) is 0 Å². The lowest BCUT2D eigenvalue weighted by molar-refractivity contribution is -0.146. The minimum atomic E-state index is -0.619. The van der Waals surface area contributed by atoms with E-state index in [1.807, 2.05) is 13.8 Å². The molecule has 0 saturated heterocycles. The van der Waals surface area contributed by atoms with E-state index in [1.54, 1.807) is 24.3 Å². The summed E-state index contributed by atoms with van der Waals surface area (Å²) in [7, 11) is 1.31. The summed E-state index contributed by atoms with van der Waals surface area (Å²) in [5, 5.41) is 2.69. The molecule has 0 heterocycles. The number of anilines is 1. The van der Waals surface area contributed by atoms with Crippen LogP contribution in [0, 0.1) is 5.92 Å². The predicted molar refractivity (Wildman–Crippen MR) is 73.3 cm³/mol. The Labute approximate surface area is 113 Å². The number of esters is 1. The molecule has 0 aliphatic rings. The Kier molecular flexibility index (Phi) is 5.36. The highest BCUT2D eigenvalue weighted by atomic mass is 16.5. The van der Waals surface area contributed by atoms with Gasteiger partial charge in [-0.2, -0.15) is 0 Å². The number of methoxy groups -OCH3 is 1. The maximum absolute atomic E-state index is 11.9. The fraction of sp³-hybridized carbons (Fsp3) is 0.429. The number of ether oxygens (including phenoxy) is 1. The maximum Gasteiger partial charge on any atom is 0.328 e. The first kappa shape index (κ1) is 15.0. The number of nitrogen functional groups attached to an aromatic ring is 1. The molecule has 0 aliphatic heterocycles. The van der Waals surface area contributed by atoms with Crippen molar-refractivity contribution in [3.63, 3.8) is 0 Å². The number of hydrogen-bond donors (Lipinski definition) is 2. The minimum Gasteiger partial charge on any atom is -0.467 e. The van der Waals surface area contributed by atoms with E-state index in [4.69, 9.17) is 5.73 Å². The van der Waals surface area contributed by atoms with Gasteiger partial charge in [0.1, 0.15) is 6.04 Å². The second-order valence-corrected chi connectivity index (χ2v) is 4.73. The molecular weight excluding hydrogens is 244 g/mol. The Morgan fingerprint density at radius 3 is 2.32 bits per heavy atom. The molecule has 0 aromatic heterocycles.